The van der Waals surface area contributed by atoms with Gasteiger partial charge in [-0.25, -0.2) is 9.78 Å². The number of carbonyl (C=O) groups excluding carboxylic acids is 1. The van der Waals surface area contributed by atoms with Crippen LogP contribution in [0.2, 0.25) is 0 Å². The molecule has 0 bridgehead atoms. The average molecular weight is 411 g/mol. The van der Waals surface area contributed by atoms with Gasteiger partial charge in [-0.1, -0.05) is 17.3 Å². The van der Waals surface area contributed by atoms with Gasteiger partial charge in [-0.15, -0.1) is 16.4 Å². The minimum absolute atomic E-state index is 0.0239. The van der Waals surface area contributed by atoms with E-state index >= 15 is 0 Å². The summed E-state index contributed by atoms with van der Waals surface area (Å²) in [6, 6.07) is 8.76. The van der Waals surface area contributed by atoms with E-state index in [0.29, 0.717) is 36.8 Å². The Morgan fingerprint density at radius 2 is 2.10 bits per heavy atom. The molecule has 1 saturated heterocycles. The van der Waals surface area contributed by atoms with Gasteiger partial charge in [0.05, 0.1) is 18.3 Å². The Bertz CT molecular complexity index is 1000. The number of rotatable bonds is 6. The number of carboxylic acids is 1. The van der Waals surface area contributed by atoms with Crippen molar-refractivity contribution in [3.63, 3.8) is 0 Å². The highest BCUT2D eigenvalue weighted by Crippen LogP contribution is 2.21. The number of amides is 1. The van der Waals surface area contributed by atoms with Crippen molar-refractivity contribution in [3.05, 3.63) is 52.5 Å². The van der Waals surface area contributed by atoms with Crippen molar-refractivity contribution < 1.29 is 14.7 Å². The summed E-state index contributed by atoms with van der Waals surface area (Å²) >= 11 is 1.61. The lowest BCUT2D eigenvalue weighted by molar-refractivity contribution is -0.132. The Balaban J connectivity index is 1.39. The van der Waals surface area contributed by atoms with Crippen LogP contribution in [0.25, 0.3) is 11.4 Å². The quantitative estimate of drug-likeness (QED) is 0.669. The monoisotopic (exact) mass is 411 g/mol. The molecule has 0 aliphatic carbocycles. The molecule has 29 heavy (non-hydrogen) atoms. The third-order valence-corrected chi connectivity index (χ3v) is 5.87. The van der Waals surface area contributed by atoms with Crippen LogP contribution in [0, 0.1) is 5.92 Å². The molecule has 8 nitrogen and oxygen atoms in total. The van der Waals surface area contributed by atoms with Crippen LogP contribution in [0.4, 0.5) is 0 Å². The molecule has 1 atom stereocenters. The maximum Gasteiger partial charge on any atom is 0.354 e. The molecule has 4 heterocycles. The second-order valence-electron chi connectivity index (χ2n) is 7.14. The van der Waals surface area contributed by atoms with Crippen LogP contribution in [0.1, 0.15) is 28.2 Å². The highest BCUT2D eigenvalue weighted by atomic mass is 32.1. The van der Waals surface area contributed by atoms with Gasteiger partial charge in [-0.2, -0.15) is 0 Å². The molecular weight excluding hydrogens is 390 g/mol. The van der Waals surface area contributed by atoms with Crippen LogP contribution in [-0.4, -0.2) is 55.0 Å². The molecule has 0 saturated carbocycles. The lowest BCUT2D eigenvalue weighted by Crippen LogP contribution is -2.41. The summed E-state index contributed by atoms with van der Waals surface area (Å²) in [4.78, 5) is 30.8. The van der Waals surface area contributed by atoms with Crippen molar-refractivity contribution in [2.24, 2.45) is 5.92 Å². The van der Waals surface area contributed by atoms with Gasteiger partial charge in [0, 0.05) is 24.5 Å². The maximum absolute atomic E-state index is 12.6. The number of nitrogens with zero attached hydrogens (tertiary/aromatic N) is 5. The number of aromatic carboxylic acids is 1. The molecule has 1 amide bonds. The number of thiophene rings is 1. The summed E-state index contributed by atoms with van der Waals surface area (Å²) in [5.74, 6) is -0.594. The molecule has 1 aliphatic heterocycles. The molecule has 0 spiro atoms. The number of carbonyl (C=O) groups is 2. The van der Waals surface area contributed by atoms with E-state index in [0.717, 1.165) is 24.3 Å². The molecule has 0 aromatic carbocycles. The normalized spacial score (nSPS) is 16.7. The zero-order chi connectivity index (χ0) is 20.2. The SMILES string of the molecule is O=C(O)c1cccc(-c2cn(CC3CCCN(C(=O)Cc4cccs4)C3)nn2)n1. The van der Waals surface area contributed by atoms with Crippen LogP contribution in [0.15, 0.2) is 41.9 Å². The fraction of sp³-hybridized carbons (Fsp3) is 0.350. The molecule has 0 radical (unpaired) electrons. The zero-order valence-electron chi connectivity index (χ0n) is 15.8. The first-order chi connectivity index (χ1) is 14.1. The Morgan fingerprint density at radius 1 is 1.21 bits per heavy atom. The summed E-state index contributed by atoms with van der Waals surface area (Å²) in [6.45, 7) is 2.18. The smallest absolute Gasteiger partial charge is 0.354 e. The maximum atomic E-state index is 12.6. The molecule has 4 rings (SSSR count). The molecule has 150 valence electrons. The fourth-order valence-corrected chi connectivity index (χ4v) is 4.28. The Labute approximate surface area is 171 Å². The molecule has 1 N–H and O–H groups in total. The van der Waals surface area contributed by atoms with Crippen LogP contribution in [-0.2, 0) is 17.8 Å². The van der Waals surface area contributed by atoms with E-state index in [2.05, 4.69) is 15.3 Å². The lowest BCUT2D eigenvalue weighted by atomic mass is 9.97. The van der Waals surface area contributed by atoms with Gasteiger partial charge in [0.25, 0.3) is 0 Å². The standard InChI is InChI=1S/C20H21N5O3S/c26-19(10-15-5-3-9-29-15)24-8-2-4-14(11-24)12-25-13-18(22-23-25)16-6-1-7-17(21-16)20(27)28/h1,3,5-7,9,13-14H,2,4,8,10-12H2,(H,27,28). The summed E-state index contributed by atoms with van der Waals surface area (Å²) in [5, 5.41) is 19.4. The lowest BCUT2D eigenvalue weighted by Gasteiger charge is -2.32. The van der Waals surface area contributed by atoms with Gasteiger partial charge in [0.15, 0.2) is 0 Å². The minimum atomic E-state index is -1.08. The fourth-order valence-electron chi connectivity index (χ4n) is 3.58. The number of aromatic nitrogens is 4. The topological polar surface area (TPSA) is 101 Å². The van der Waals surface area contributed by atoms with Crippen LogP contribution < -0.4 is 0 Å². The third-order valence-electron chi connectivity index (χ3n) is 4.99. The molecule has 3 aromatic rings. The van der Waals surface area contributed by atoms with Crippen molar-refractivity contribution in [1.82, 2.24) is 24.9 Å². The first-order valence-electron chi connectivity index (χ1n) is 9.49. The summed E-state index contributed by atoms with van der Waals surface area (Å²) in [6.07, 6.45) is 4.25. The van der Waals surface area contributed by atoms with Crippen molar-refractivity contribution in [3.8, 4) is 11.4 Å². The van der Waals surface area contributed by atoms with Gasteiger partial charge in [0.1, 0.15) is 11.4 Å². The average Bonchev–Trinajstić information content (AvgIpc) is 3.40. The van der Waals surface area contributed by atoms with Crippen molar-refractivity contribution >= 4 is 23.2 Å². The summed E-state index contributed by atoms with van der Waals surface area (Å²) in [7, 11) is 0. The molecule has 1 fully saturated rings. The van der Waals surface area contributed by atoms with Crippen LogP contribution in [0.3, 0.4) is 0 Å². The van der Waals surface area contributed by atoms with Crippen molar-refractivity contribution in [2.75, 3.05) is 13.1 Å². The highest BCUT2D eigenvalue weighted by Gasteiger charge is 2.24. The molecular formula is C20H21N5O3S. The van der Waals surface area contributed by atoms with Crippen LogP contribution >= 0.6 is 11.3 Å². The number of hydrogen-bond acceptors (Lipinski definition) is 6. The van der Waals surface area contributed by atoms with Gasteiger partial charge < -0.3 is 10.0 Å². The van der Waals surface area contributed by atoms with Crippen molar-refractivity contribution in [1.29, 1.82) is 0 Å². The molecule has 1 aliphatic rings. The third kappa shape index (κ3) is 4.68. The second-order valence-corrected chi connectivity index (χ2v) is 8.18. The predicted octanol–water partition coefficient (Wildman–Crippen LogP) is 2.58. The zero-order valence-corrected chi connectivity index (χ0v) is 16.6. The highest BCUT2D eigenvalue weighted by molar-refractivity contribution is 7.10. The van der Waals surface area contributed by atoms with E-state index in [1.807, 2.05) is 22.4 Å². The van der Waals surface area contributed by atoms with E-state index < -0.39 is 5.97 Å². The largest absolute Gasteiger partial charge is 0.477 e. The molecule has 3 aromatic heterocycles. The second kappa shape index (κ2) is 8.52. The number of piperidine rings is 1. The van der Waals surface area contributed by atoms with E-state index in [9.17, 15) is 9.59 Å². The van der Waals surface area contributed by atoms with E-state index in [1.54, 1.807) is 34.3 Å². The Hall–Kier alpha value is -3.07. The molecule has 9 heteroatoms. The number of hydrogen-bond donors (Lipinski definition) is 1. The Kier molecular flexibility index (Phi) is 5.66. The first-order valence-corrected chi connectivity index (χ1v) is 10.4. The van der Waals surface area contributed by atoms with Gasteiger partial charge >= 0.3 is 5.97 Å². The Morgan fingerprint density at radius 3 is 2.90 bits per heavy atom. The summed E-state index contributed by atoms with van der Waals surface area (Å²) < 4.78 is 1.75. The van der Waals surface area contributed by atoms with Gasteiger partial charge in [-0.05, 0) is 42.3 Å². The van der Waals surface area contributed by atoms with E-state index in [-0.39, 0.29) is 11.6 Å². The summed E-state index contributed by atoms with van der Waals surface area (Å²) in [5.41, 5.74) is 0.992. The predicted molar refractivity (Wildman–Crippen MR) is 108 cm³/mol. The molecule has 1 unspecified atom stereocenters. The van der Waals surface area contributed by atoms with Crippen LogP contribution in [0.5, 0.6) is 0 Å². The van der Waals surface area contributed by atoms with Gasteiger partial charge in [0.2, 0.25) is 5.91 Å². The minimum Gasteiger partial charge on any atom is -0.477 e. The van der Waals surface area contributed by atoms with E-state index in [4.69, 9.17) is 5.11 Å². The van der Waals surface area contributed by atoms with Crippen molar-refractivity contribution in [2.45, 2.75) is 25.8 Å². The van der Waals surface area contributed by atoms with Gasteiger partial charge in [-0.3, -0.25) is 9.48 Å². The number of likely N-dealkylation sites (tertiary alicyclic amines) is 1. The van der Waals surface area contributed by atoms with E-state index in [1.165, 1.54) is 6.07 Å². The number of carboxylic acid groups (broad SMARTS) is 1. The first kappa shape index (κ1) is 19.3. The number of pyridine rings is 1.